The number of piperazine rings is 1. The number of aromatic nitrogens is 3. The Bertz CT molecular complexity index is 392. The zero-order valence-corrected chi connectivity index (χ0v) is 11.4. The van der Waals surface area contributed by atoms with Crippen molar-refractivity contribution in [1.82, 2.24) is 24.9 Å². The summed E-state index contributed by atoms with van der Waals surface area (Å²) in [5, 5.41) is 5.30. The molecule has 0 atom stereocenters. The van der Waals surface area contributed by atoms with Crippen LogP contribution in [-0.4, -0.2) is 64.6 Å². The summed E-state index contributed by atoms with van der Waals surface area (Å²) in [7, 11) is 2.11. The summed E-state index contributed by atoms with van der Waals surface area (Å²) in [6.07, 6.45) is 0. The first-order valence-corrected chi connectivity index (χ1v) is 6.40. The van der Waals surface area contributed by atoms with Crippen molar-refractivity contribution in [3.8, 4) is 0 Å². The Morgan fingerprint density at radius 3 is 2.44 bits per heavy atom. The van der Waals surface area contributed by atoms with Gasteiger partial charge >= 0.3 is 0 Å². The maximum atomic E-state index is 5.86. The third-order valence-electron chi connectivity index (χ3n) is 2.70. The zero-order chi connectivity index (χ0) is 13.0. The maximum absolute atomic E-state index is 5.86. The van der Waals surface area contributed by atoms with E-state index in [0.29, 0.717) is 11.9 Å². The van der Waals surface area contributed by atoms with Gasteiger partial charge in [0, 0.05) is 32.7 Å². The first kappa shape index (κ1) is 13.3. The van der Waals surface area contributed by atoms with Gasteiger partial charge in [-0.2, -0.15) is 15.0 Å². The van der Waals surface area contributed by atoms with Crippen LogP contribution in [0.15, 0.2) is 0 Å². The third kappa shape index (κ3) is 3.66. The van der Waals surface area contributed by atoms with Crippen LogP contribution in [0.2, 0.25) is 5.28 Å². The molecule has 0 aromatic carbocycles. The largest absolute Gasteiger partial charge is 0.354 e. The van der Waals surface area contributed by atoms with Gasteiger partial charge in [-0.25, -0.2) is 5.01 Å². The molecule has 1 aromatic heterocycles. The Morgan fingerprint density at radius 2 is 1.78 bits per heavy atom. The second-order valence-corrected chi connectivity index (χ2v) is 4.52. The molecule has 0 bridgehead atoms. The Hall–Kier alpha value is -1.18. The summed E-state index contributed by atoms with van der Waals surface area (Å²) in [5.41, 5.74) is 3.16. The Balaban J connectivity index is 2.00. The number of nitrogens with one attached hydrogen (secondary N) is 2. The van der Waals surface area contributed by atoms with Crippen LogP contribution in [0.25, 0.3) is 0 Å². The quantitative estimate of drug-likeness (QED) is 0.828. The first-order chi connectivity index (χ1) is 8.67. The predicted octanol–water partition coefficient (Wildman–Crippen LogP) is 0.531. The van der Waals surface area contributed by atoms with Gasteiger partial charge in [-0.3, -0.25) is 5.43 Å². The van der Waals surface area contributed by atoms with E-state index >= 15 is 0 Å². The van der Waals surface area contributed by atoms with Gasteiger partial charge in [0.05, 0.1) is 0 Å². The minimum Gasteiger partial charge on any atom is -0.354 e. The van der Waals surface area contributed by atoms with E-state index in [-0.39, 0.29) is 5.28 Å². The molecule has 1 aliphatic rings. The number of hydrogen-bond donors (Lipinski definition) is 2. The lowest BCUT2D eigenvalue weighted by Gasteiger charge is -2.32. The summed E-state index contributed by atoms with van der Waals surface area (Å²) in [4.78, 5) is 14.6. The Kier molecular flexibility index (Phi) is 4.51. The van der Waals surface area contributed by atoms with Gasteiger partial charge in [0.25, 0.3) is 0 Å². The summed E-state index contributed by atoms with van der Waals surface area (Å²) in [6.45, 7) is 6.62. The van der Waals surface area contributed by atoms with Gasteiger partial charge in [0.1, 0.15) is 0 Å². The van der Waals surface area contributed by atoms with E-state index in [2.05, 4.69) is 42.7 Å². The molecule has 0 spiro atoms. The molecule has 2 N–H and O–H groups in total. The number of rotatable bonds is 4. The molecule has 0 aliphatic carbocycles. The molecule has 2 heterocycles. The fourth-order valence-electron chi connectivity index (χ4n) is 1.70. The van der Waals surface area contributed by atoms with Crippen LogP contribution in [0.4, 0.5) is 11.9 Å². The molecule has 0 unspecified atom stereocenters. The Labute approximate surface area is 112 Å². The number of likely N-dealkylation sites (N-methyl/N-ethyl adjacent to an activating group) is 1. The van der Waals surface area contributed by atoms with Gasteiger partial charge in [-0.05, 0) is 25.6 Å². The first-order valence-electron chi connectivity index (χ1n) is 6.03. The molecule has 100 valence electrons. The van der Waals surface area contributed by atoms with E-state index < -0.39 is 0 Å². The topological polar surface area (TPSA) is 69.2 Å². The highest BCUT2D eigenvalue weighted by molar-refractivity contribution is 6.28. The number of halogens is 1. The zero-order valence-electron chi connectivity index (χ0n) is 10.6. The molecule has 8 heteroatoms. The molecular weight excluding hydrogens is 254 g/mol. The number of nitrogens with zero attached hydrogens (tertiary/aromatic N) is 5. The Morgan fingerprint density at radius 1 is 1.11 bits per heavy atom. The lowest BCUT2D eigenvalue weighted by atomic mass is 10.4. The normalized spacial score (nSPS) is 17.7. The van der Waals surface area contributed by atoms with Crippen molar-refractivity contribution in [2.24, 2.45) is 0 Å². The van der Waals surface area contributed by atoms with E-state index in [1.165, 1.54) is 0 Å². The van der Waals surface area contributed by atoms with Crippen LogP contribution >= 0.6 is 11.6 Å². The fraction of sp³-hybridized carbons (Fsp3) is 0.700. The second kappa shape index (κ2) is 6.12. The van der Waals surface area contributed by atoms with Crippen molar-refractivity contribution < 1.29 is 0 Å². The van der Waals surface area contributed by atoms with E-state index in [4.69, 9.17) is 11.6 Å². The molecule has 1 aliphatic heterocycles. The monoisotopic (exact) mass is 271 g/mol. The van der Waals surface area contributed by atoms with Crippen molar-refractivity contribution in [2.45, 2.75) is 6.92 Å². The highest BCUT2D eigenvalue weighted by Crippen LogP contribution is 2.10. The van der Waals surface area contributed by atoms with Crippen LogP contribution in [0, 0.1) is 0 Å². The lowest BCUT2D eigenvalue weighted by Crippen LogP contribution is -2.47. The summed E-state index contributed by atoms with van der Waals surface area (Å²) >= 11 is 5.86. The highest BCUT2D eigenvalue weighted by Gasteiger charge is 2.15. The van der Waals surface area contributed by atoms with E-state index in [1.54, 1.807) is 0 Å². The minimum absolute atomic E-state index is 0.192. The maximum Gasteiger partial charge on any atom is 0.243 e. The number of anilines is 2. The molecule has 0 radical (unpaired) electrons. The summed E-state index contributed by atoms with van der Waals surface area (Å²) in [6, 6.07) is 0. The van der Waals surface area contributed by atoms with Gasteiger partial charge in [-0.15, -0.1) is 0 Å². The van der Waals surface area contributed by atoms with Crippen molar-refractivity contribution in [3.63, 3.8) is 0 Å². The fourth-order valence-corrected chi connectivity index (χ4v) is 1.86. The second-order valence-electron chi connectivity index (χ2n) is 4.18. The van der Waals surface area contributed by atoms with Crippen LogP contribution in [0.1, 0.15) is 6.92 Å². The smallest absolute Gasteiger partial charge is 0.243 e. The van der Waals surface area contributed by atoms with E-state index in [9.17, 15) is 0 Å². The molecule has 0 amide bonds. The van der Waals surface area contributed by atoms with Gasteiger partial charge in [0.15, 0.2) is 0 Å². The van der Waals surface area contributed by atoms with Crippen molar-refractivity contribution in [2.75, 3.05) is 50.5 Å². The molecular formula is C10H18ClN7. The van der Waals surface area contributed by atoms with Gasteiger partial charge < -0.3 is 10.2 Å². The predicted molar refractivity (Wildman–Crippen MR) is 71.7 cm³/mol. The summed E-state index contributed by atoms with van der Waals surface area (Å²) in [5.74, 6) is 0.977. The minimum atomic E-state index is 0.192. The highest BCUT2D eigenvalue weighted by atomic mass is 35.5. The van der Waals surface area contributed by atoms with Crippen LogP contribution < -0.4 is 10.7 Å². The lowest BCUT2D eigenvalue weighted by molar-refractivity contribution is 0.178. The van der Waals surface area contributed by atoms with Gasteiger partial charge in [-0.1, -0.05) is 0 Å². The van der Waals surface area contributed by atoms with Crippen LogP contribution in [0.3, 0.4) is 0 Å². The van der Waals surface area contributed by atoms with Crippen LogP contribution in [0.5, 0.6) is 0 Å². The third-order valence-corrected chi connectivity index (χ3v) is 2.87. The molecule has 2 rings (SSSR count). The van der Waals surface area contributed by atoms with Crippen molar-refractivity contribution in [3.05, 3.63) is 5.28 Å². The SMILES string of the molecule is CCNc1nc(Cl)nc(NN2CCN(C)CC2)n1. The molecule has 7 nitrogen and oxygen atoms in total. The molecule has 1 aromatic rings. The average Bonchev–Trinajstić information content (AvgIpc) is 2.32. The summed E-state index contributed by atoms with van der Waals surface area (Å²) < 4.78 is 0. The molecule has 1 saturated heterocycles. The molecule has 18 heavy (non-hydrogen) atoms. The van der Waals surface area contributed by atoms with Crippen molar-refractivity contribution >= 4 is 23.5 Å². The average molecular weight is 272 g/mol. The number of hydrogen-bond acceptors (Lipinski definition) is 7. The van der Waals surface area contributed by atoms with Crippen molar-refractivity contribution in [1.29, 1.82) is 0 Å². The molecule has 1 fully saturated rings. The van der Waals surface area contributed by atoms with Crippen LogP contribution in [-0.2, 0) is 0 Å². The standard InChI is InChI=1S/C10H18ClN7/c1-3-12-9-13-8(11)14-10(15-9)16-18-6-4-17(2)5-7-18/h3-7H2,1-2H3,(H2,12,13,14,15,16). The van der Waals surface area contributed by atoms with E-state index in [1.807, 2.05) is 6.92 Å². The number of hydrazine groups is 1. The molecule has 0 saturated carbocycles. The van der Waals surface area contributed by atoms with E-state index in [0.717, 1.165) is 32.7 Å². The van der Waals surface area contributed by atoms with Gasteiger partial charge in [0.2, 0.25) is 17.2 Å².